The molecule has 0 saturated carbocycles. The summed E-state index contributed by atoms with van der Waals surface area (Å²) in [6.07, 6.45) is 0. The van der Waals surface area contributed by atoms with Crippen molar-refractivity contribution in [2.75, 3.05) is 6.54 Å². The molecule has 2 atom stereocenters. The molecule has 18 heavy (non-hydrogen) atoms. The zero-order valence-corrected chi connectivity index (χ0v) is 12.5. The molecule has 0 rings (SSSR count). The van der Waals surface area contributed by atoms with Gasteiger partial charge < -0.3 is 16.2 Å². The van der Waals surface area contributed by atoms with Crippen molar-refractivity contribution in [1.82, 2.24) is 5.32 Å². The lowest BCUT2D eigenvalue weighted by atomic mass is 10.1. The zero-order valence-electron chi connectivity index (χ0n) is 11.7. The number of carbonyl (C=O) groups excluding carboxylic acids is 1. The quantitative estimate of drug-likeness (QED) is 0.647. The molecule has 0 heterocycles. The third kappa shape index (κ3) is 5.73. The smallest absolute Gasteiger partial charge is 0.321 e. The van der Waals surface area contributed by atoms with Gasteiger partial charge in [0.05, 0.1) is 5.25 Å². The van der Waals surface area contributed by atoms with E-state index < -0.39 is 16.8 Å². The lowest BCUT2D eigenvalue weighted by Crippen LogP contribution is -2.48. The summed E-state index contributed by atoms with van der Waals surface area (Å²) in [5.41, 5.74) is 5.61. The van der Waals surface area contributed by atoms with E-state index >= 15 is 0 Å². The average molecular weight is 276 g/mol. The standard InChI is InChI=1S/C12H24N2O3S/c1-7(2)6-14-10(15)8(3)18-12(4,5)9(13)11(16)17/h7-9H,6,13H2,1-5H3,(H,14,15)(H,16,17)/t8?,9-/m0/s1. The first-order chi connectivity index (χ1) is 8.08. The largest absolute Gasteiger partial charge is 0.480 e. The topological polar surface area (TPSA) is 92.4 Å². The second-order valence-corrected chi connectivity index (χ2v) is 7.31. The Balaban J connectivity index is 4.41. The van der Waals surface area contributed by atoms with Gasteiger partial charge in [0.15, 0.2) is 0 Å². The fourth-order valence-corrected chi connectivity index (χ4v) is 2.68. The Kier molecular flexibility index (Phi) is 6.70. The van der Waals surface area contributed by atoms with Gasteiger partial charge in [-0.15, -0.1) is 11.8 Å². The summed E-state index contributed by atoms with van der Waals surface area (Å²) >= 11 is 1.28. The SMILES string of the molecule is CC(C)CNC(=O)C(C)SC(C)(C)[C@@H](N)C(=O)O. The van der Waals surface area contributed by atoms with Crippen LogP contribution in [0.2, 0.25) is 0 Å². The summed E-state index contributed by atoms with van der Waals surface area (Å²) in [5, 5.41) is 11.4. The normalized spacial score (nSPS) is 15.3. The molecule has 5 nitrogen and oxygen atoms in total. The number of hydrogen-bond acceptors (Lipinski definition) is 4. The van der Waals surface area contributed by atoms with Gasteiger partial charge >= 0.3 is 5.97 Å². The molecule has 0 aromatic rings. The van der Waals surface area contributed by atoms with Gasteiger partial charge in [-0.05, 0) is 26.7 Å². The van der Waals surface area contributed by atoms with Gasteiger partial charge in [0.2, 0.25) is 5.91 Å². The van der Waals surface area contributed by atoms with Crippen LogP contribution in [0.4, 0.5) is 0 Å². The third-order valence-electron chi connectivity index (χ3n) is 2.55. The highest BCUT2D eigenvalue weighted by Gasteiger charge is 2.35. The van der Waals surface area contributed by atoms with Gasteiger partial charge in [-0.3, -0.25) is 9.59 Å². The molecule has 0 aliphatic carbocycles. The van der Waals surface area contributed by atoms with Gasteiger partial charge in [-0.2, -0.15) is 0 Å². The Hall–Kier alpha value is -0.750. The minimum atomic E-state index is -1.05. The van der Waals surface area contributed by atoms with Crippen LogP contribution in [-0.2, 0) is 9.59 Å². The molecular formula is C12H24N2O3S. The maximum absolute atomic E-state index is 11.8. The van der Waals surface area contributed by atoms with Crippen LogP contribution in [-0.4, -0.2) is 39.6 Å². The van der Waals surface area contributed by atoms with E-state index in [2.05, 4.69) is 5.32 Å². The molecule has 0 fully saturated rings. The predicted octanol–water partition coefficient (Wildman–Crippen LogP) is 1.07. The number of thioether (sulfide) groups is 1. The number of carboxylic acid groups (broad SMARTS) is 1. The number of carboxylic acids is 1. The molecule has 0 radical (unpaired) electrons. The Morgan fingerprint density at radius 3 is 2.22 bits per heavy atom. The van der Waals surface area contributed by atoms with Crippen molar-refractivity contribution in [2.45, 2.75) is 50.7 Å². The fraction of sp³-hybridized carbons (Fsp3) is 0.833. The van der Waals surface area contributed by atoms with Gasteiger partial charge in [0.1, 0.15) is 6.04 Å². The van der Waals surface area contributed by atoms with E-state index in [0.717, 1.165) is 0 Å². The van der Waals surface area contributed by atoms with Crippen LogP contribution in [0.3, 0.4) is 0 Å². The molecule has 0 bridgehead atoms. The lowest BCUT2D eigenvalue weighted by molar-refractivity contribution is -0.139. The van der Waals surface area contributed by atoms with Crippen molar-refractivity contribution in [1.29, 1.82) is 0 Å². The first kappa shape index (κ1) is 17.2. The van der Waals surface area contributed by atoms with Crippen molar-refractivity contribution in [3.05, 3.63) is 0 Å². The highest BCUT2D eigenvalue weighted by molar-refractivity contribution is 8.02. The molecule has 1 unspecified atom stereocenters. The monoisotopic (exact) mass is 276 g/mol. The molecule has 4 N–H and O–H groups in total. The van der Waals surface area contributed by atoms with E-state index in [-0.39, 0.29) is 11.2 Å². The second-order valence-electron chi connectivity index (χ2n) is 5.32. The van der Waals surface area contributed by atoms with Crippen LogP contribution < -0.4 is 11.1 Å². The number of nitrogens with two attached hydrogens (primary N) is 1. The molecular weight excluding hydrogens is 252 g/mol. The highest BCUT2D eigenvalue weighted by Crippen LogP contribution is 2.31. The van der Waals surface area contributed by atoms with Gasteiger partial charge in [0.25, 0.3) is 0 Å². The first-order valence-corrected chi connectivity index (χ1v) is 6.89. The minimum absolute atomic E-state index is 0.0839. The van der Waals surface area contributed by atoms with E-state index in [4.69, 9.17) is 10.8 Å². The Morgan fingerprint density at radius 1 is 1.33 bits per heavy atom. The number of nitrogens with one attached hydrogen (secondary N) is 1. The summed E-state index contributed by atoms with van der Waals surface area (Å²) in [7, 11) is 0. The summed E-state index contributed by atoms with van der Waals surface area (Å²) < 4.78 is -0.694. The maximum Gasteiger partial charge on any atom is 0.321 e. The molecule has 0 aliphatic heterocycles. The van der Waals surface area contributed by atoms with E-state index in [9.17, 15) is 9.59 Å². The minimum Gasteiger partial charge on any atom is -0.480 e. The average Bonchev–Trinajstić information content (AvgIpc) is 2.23. The summed E-state index contributed by atoms with van der Waals surface area (Å²) in [5.74, 6) is -0.748. The Morgan fingerprint density at radius 2 is 1.83 bits per heavy atom. The Bertz CT molecular complexity index is 306. The van der Waals surface area contributed by atoms with E-state index in [0.29, 0.717) is 12.5 Å². The van der Waals surface area contributed by atoms with Crippen LogP contribution in [0.25, 0.3) is 0 Å². The lowest BCUT2D eigenvalue weighted by Gasteiger charge is -2.30. The van der Waals surface area contributed by atoms with Crippen LogP contribution in [0.15, 0.2) is 0 Å². The van der Waals surface area contributed by atoms with E-state index in [1.54, 1.807) is 20.8 Å². The van der Waals surface area contributed by atoms with Crippen molar-refractivity contribution in [3.8, 4) is 0 Å². The number of amides is 1. The molecule has 0 saturated heterocycles. The molecule has 0 aliphatic rings. The van der Waals surface area contributed by atoms with Crippen LogP contribution in [0, 0.1) is 5.92 Å². The van der Waals surface area contributed by atoms with Crippen LogP contribution in [0.5, 0.6) is 0 Å². The van der Waals surface area contributed by atoms with E-state index in [1.807, 2.05) is 13.8 Å². The predicted molar refractivity (Wildman–Crippen MR) is 74.6 cm³/mol. The number of carbonyl (C=O) groups is 2. The molecule has 6 heteroatoms. The highest BCUT2D eigenvalue weighted by atomic mass is 32.2. The van der Waals surface area contributed by atoms with Crippen LogP contribution in [0.1, 0.15) is 34.6 Å². The van der Waals surface area contributed by atoms with Crippen molar-refractivity contribution in [2.24, 2.45) is 11.7 Å². The van der Waals surface area contributed by atoms with Crippen molar-refractivity contribution < 1.29 is 14.7 Å². The summed E-state index contributed by atoms with van der Waals surface area (Å²) in [6, 6.07) is -0.997. The Labute approximate surface area is 113 Å². The summed E-state index contributed by atoms with van der Waals surface area (Å²) in [6.45, 7) is 9.89. The number of hydrogen-bond donors (Lipinski definition) is 3. The molecule has 0 aromatic carbocycles. The molecule has 106 valence electrons. The molecule has 1 amide bonds. The number of aliphatic carboxylic acids is 1. The third-order valence-corrected chi connectivity index (χ3v) is 3.98. The fourth-order valence-electron chi connectivity index (χ4n) is 1.33. The zero-order chi connectivity index (χ0) is 14.5. The number of rotatable bonds is 7. The molecule has 0 spiro atoms. The van der Waals surface area contributed by atoms with Gasteiger partial charge in [0, 0.05) is 11.3 Å². The van der Waals surface area contributed by atoms with Crippen molar-refractivity contribution in [3.63, 3.8) is 0 Å². The maximum atomic E-state index is 11.8. The van der Waals surface area contributed by atoms with Gasteiger partial charge in [-0.25, -0.2) is 0 Å². The van der Waals surface area contributed by atoms with E-state index in [1.165, 1.54) is 11.8 Å². The van der Waals surface area contributed by atoms with Crippen LogP contribution >= 0.6 is 11.8 Å². The van der Waals surface area contributed by atoms with Gasteiger partial charge in [-0.1, -0.05) is 13.8 Å². The first-order valence-electron chi connectivity index (χ1n) is 6.01. The summed E-state index contributed by atoms with van der Waals surface area (Å²) in [4.78, 5) is 22.7. The molecule has 0 aromatic heterocycles. The van der Waals surface area contributed by atoms with Crippen molar-refractivity contribution >= 4 is 23.6 Å². The second kappa shape index (κ2) is 6.99.